The van der Waals surface area contributed by atoms with Gasteiger partial charge in [0.1, 0.15) is 18.1 Å². The van der Waals surface area contributed by atoms with E-state index in [-0.39, 0.29) is 5.91 Å². The predicted octanol–water partition coefficient (Wildman–Crippen LogP) is 5.15. The fourth-order valence-electron chi connectivity index (χ4n) is 2.54. The highest BCUT2D eigenvalue weighted by Gasteiger charge is 2.11. The lowest BCUT2D eigenvalue weighted by Crippen LogP contribution is -2.11. The van der Waals surface area contributed by atoms with Crippen LogP contribution in [-0.2, 0) is 13.0 Å². The van der Waals surface area contributed by atoms with Gasteiger partial charge in [-0.05, 0) is 53.8 Å². The second kappa shape index (κ2) is 8.54. The van der Waals surface area contributed by atoms with Crippen LogP contribution in [0, 0.1) is 0 Å². The first kappa shape index (κ1) is 18.0. The molecule has 0 bridgehead atoms. The fourth-order valence-corrected chi connectivity index (χ4v) is 3.34. The van der Waals surface area contributed by atoms with Crippen LogP contribution in [0.1, 0.15) is 27.7 Å². The van der Waals surface area contributed by atoms with Crippen molar-refractivity contribution in [3.8, 4) is 11.5 Å². The van der Waals surface area contributed by atoms with E-state index in [1.807, 2.05) is 60.0 Å². The number of hydrogen-bond acceptors (Lipinski definition) is 4. The zero-order chi connectivity index (χ0) is 18.4. The van der Waals surface area contributed by atoms with Crippen molar-refractivity contribution in [3.63, 3.8) is 0 Å². The first-order valence-corrected chi connectivity index (χ1v) is 9.31. The molecule has 1 heterocycles. The Kier molecular flexibility index (Phi) is 5.92. The maximum absolute atomic E-state index is 12.5. The van der Waals surface area contributed by atoms with Crippen molar-refractivity contribution in [1.29, 1.82) is 0 Å². The predicted molar refractivity (Wildman–Crippen MR) is 105 cm³/mol. The van der Waals surface area contributed by atoms with Crippen LogP contribution in [0.25, 0.3) is 0 Å². The lowest BCUT2D eigenvalue weighted by molar-refractivity contribution is 0.103. The van der Waals surface area contributed by atoms with Gasteiger partial charge in [0.2, 0.25) is 0 Å². The second-order valence-electron chi connectivity index (χ2n) is 5.75. The Morgan fingerprint density at radius 1 is 1.08 bits per heavy atom. The summed E-state index contributed by atoms with van der Waals surface area (Å²) < 4.78 is 10.9. The molecule has 5 heteroatoms. The number of thiophene rings is 1. The van der Waals surface area contributed by atoms with Gasteiger partial charge in [-0.15, -0.1) is 11.3 Å². The van der Waals surface area contributed by atoms with Crippen molar-refractivity contribution in [2.45, 2.75) is 20.0 Å². The van der Waals surface area contributed by atoms with Gasteiger partial charge in [0.05, 0.1) is 12.0 Å². The number of benzene rings is 2. The zero-order valence-corrected chi connectivity index (χ0v) is 15.6. The van der Waals surface area contributed by atoms with Crippen LogP contribution in [0.15, 0.2) is 60.0 Å². The van der Waals surface area contributed by atoms with Crippen molar-refractivity contribution < 1.29 is 14.3 Å². The highest BCUT2D eigenvalue weighted by molar-refractivity contribution is 7.12. The van der Waals surface area contributed by atoms with Crippen LogP contribution in [0.2, 0.25) is 0 Å². The number of ether oxygens (including phenoxy) is 2. The summed E-state index contributed by atoms with van der Waals surface area (Å²) >= 11 is 1.42. The van der Waals surface area contributed by atoms with Crippen LogP contribution in [-0.4, -0.2) is 13.0 Å². The third kappa shape index (κ3) is 4.43. The van der Waals surface area contributed by atoms with Crippen LogP contribution < -0.4 is 14.8 Å². The molecular weight excluding hydrogens is 346 g/mol. The van der Waals surface area contributed by atoms with Crippen molar-refractivity contribution >= 4 is 22.9 Å². The Bertz CT molecular complexity index is 871. The first-order chi connectivity index (χ1) is 12.7. The van der Waals surface area contributed by atoms with Crippen molar-refractivity contribution in [2.24, 2.45) is 0 Å². The molecular formula is C21H21NO3S. The molecule has 0 saturated heterocycles. The van der Waals surface area contributed by atoms with E-state index >= 15 is 0 Å². The summed E-state index contributed by atoms with van der Waals surface area (Å²) in [5.74, 6) is 1.46. The number of carbonyl (C=O) groups is 1. The molecule has 2 aromatic carbocycles. The number of rotatable bonds is 7. The Morgan fingerprint density at radius 3 is 2.54 bits per heavy atom. The Balaban J connectivity index is 1.60. The van der Waals surface area contributed by atoms with Crippen LogP contribution >= 0.6 is 11.3 Å². The lowest BCUT2D eigenvalue weighted by Gasteiger charge is -2.08. The fraction of sp³-hybridized carbons (Fsp3) is 0.190. The van der Waals surface area contributed by atoms with E-state index in [1.165, 1.54) is 11.3 Å². The monoisotopic (exact) mass is 367 g/mol. The van der Waals surface area contributed by atoms with Gasteiger partial charge >= 0.3 is 0 Å². The van der Waals surface area contributed by atoms with Crippen LogP contribution in [0.4, 0.5) is 5.69 Å². The first-order valence-electron chi connectivity index (χ1n) is 8.43. The summed E-state index contributed by atoms with van der Waals surface area (Å²) in [4.78, 5) is 13.2. The molecule has 0 radical (unpaired) electrons. The minimum atomic E-state index is -0.0911. The van der Waals surface area contributed by atoms with E-state index in [1.54, 1.807) is 7.11 Å². The number of anilines is 1. The van der Waals surface area contributed by atoms with Crippen LogP contribution in [0.5, 0.6) is 11.5 Å². The van der Waals surface area contributed by atoms with Crippen LogP contribution in [0.3, 0.4) is 0 Å². The smallest absolute Gasteiger partial charge is 0.265 e. The standard InChI is InChI=1S/C21H21NO3S/c1-3-16-6-4-5-7-19(16)22-21(23)20-12-15(14-26-20)13-25-18-10-8-17(24-2)9-11-18/h4-12,14H,3,13H2,1-2H3,(H,22,23). The number of nitrogens with one attached hydrogen (secondary N) is 1. The molecule has 1 N–H and O–H groups in total. The van der Waals surface area contributed by atoms with Gasteiger partial charge in [-0.1, -0.05) is 25.1 Å². The summed E-state index contributed by atoms with van der Waals surface area (Å²) in [6.07, 6.45) is 0.877. The average molecular weight is 367 g/mol. The molecule has 3 aromatic rings. The topological polar surface area (TPSA) is 47.6 Å². The molecule has 134 valence electrons. The van der Waals surface area contributed by atoms with Crippen molar-refractivity contribution in [3.05, 3.63) is 76.0 Å². The summed E-state index contributed by atoms with van der Waals surface area (Å²) in [6, 6.07) is 17.2. The number of hydrogen-bond donors (Lipinski definition) is 1. The molecule has 1 amide bonds. The molecule has 0 saturated carbocycles. The second-order valence-corrected chi connectivity index (χ2v) is 6.66. The SMILES string of the molecule is CCc1ccccc1NC(=O)c1cc(COc2ccc(OC)cc2)cs1. The molecule has 0 aliphatic heterocycles. The molecule has 0 atom stereocenters. The van der Waals surface area contributed by atoms with Gasteiger partial charge in [0.15, 0.2) is 0 Å². The maximum atomic E-state index is 12.5. The van der Waals surface area contributed by atoms with E-state index in [4.69, 9.17) is 9.47 Å². The maximum Gasteiger partial charge on any atom is 0.265 e. The molecule has 3 rings (SSSR count). The minimum Gasteiger partial charge on any atom is -0.497 e. The molecule has 0 fully saturated rings. The summed E-state index contributed by atoms with van der Waals surface area (Å²) in [5, 5.41) is 4.94. The third-order valence-electron chi connectivity index (χ3n) is 3.99. The molecule has 4 nitrogen and oxygen atoms in total. The Labute approximate surface area is 157 Å². The summed E-state index contributed by atoms with van der Waals surface area (Å²) in [5.41, 5.74) is 2.96. The number of carbonyl (C=O) groups excluding carboxylic acids is 1. The van der Waals surface area contributed by atoms with Gasteiger partial charge in [-0.2, -0.15) is 0 Å². The molecule has 1 aromatic heterocycles. The van der Waals surface area contributed by atoms with Gasteiger partial charge in [0, 0.05) is 11.3 Å². The molecule has 0 unspecified atom stereocenters. The van der Waals surface area contributed by atoms with E-state index in [9.17, 15) is 4.79 Å². The van der Waals surface area contributed by atoms with E-state index in [0.29, 0.717) is 11.5 Å². The summed E-state index contributed by atoms with van der Waals surface area (Å²) in [6.45, 7) is 2.49. The average Bonchev–Trinajstić information content (AvgIpc) is 3.16. The van der Waals surface area contributed by atoms with E-state index in [0.717, 1.165) is 34.7 Å². The van der Waals surface area contributed by atoms with Gasteiger partial charge in [0.25, 0.3) is 5.91 Å². The number of para-hydroxylation sites is 1. The number of aryl methyl sites for hydroxylation is 1. The molecule has 0 aliphatic rings. The van der Waals surface area contributed by atoms with Gasteiger partial charge in [-0.25, -0.2) is 0 Å². The minimum absolute atomic E-state index is 0.0911. The van der Waals surface area contributed by atoms with Crippen molar-refractivity contribution in [1.82, 2.24) is 0 Å². The summed E-state index contributed by atoms with van der Waals surface area (Å²) in [7, 11) is 1.63. The number of amides is 1. The van der Waals surface area contributed by atoms with Gasteiger partial charge in [-0.3, -0.25) is 4.79 Å². The van der Waals surface area contributed by atoms with Gasteiger partial charge < -0.3 is 14.8 Å². The van der Waals surface area contributed by atoms with E-state index in [2.05, 4.69) is 12.2 Å². The molecule has 0 aliphatic carbocycles. The van der Waals surface area contributed by atoms with Crippen molar-refractivity contribution in [2.75, 3.05) is 12.4 Å². The Morgan fingerprint density at radius 2 is 1.81 bits per heavy atom. The molecule has 0 spiro atoms. The Hall–Kier alpha value is -2.79. The highest BCUT2D eigenvalue weighted by Crippen LogP contribution is 2.22. The lowest BCUT2D eigenvalue weighted by atomic mass is 10.1. The normalized spacial score (nSPS) is 10.4. The number of methoxy groups -OCH3 is 1. The molecule has 26 heavy (non-hydrogen) atoms. The highest BCUT2D eigenvalue weighted by atomic mass is 32.1. The quantitative estimate of drug-likeness (QED) is 0.628. The zero-order valence-electron chi connectivity index (χ0n) is 14.8. The third-order valence-corrected chi connectivity index (χ3v) is 4.97. The largest absolute Gasteiger partial charge is 0.497 e. The van der Waals surface area contributed by atoms with E-state index < -0.39 is 0 Å².